The minimum atomic E-state index is -0.784. The Balaban J connectivity index is 1.70. The van der Waals surface area contributed by atoms with Crippen molar-refractivity contribution in [2.75, 3.05) is 4.90 Å². The average Bonchev–Trinajstić information content (AvgIpc) is 2.83. The lowest BCUT2D eigenvalue weighted by atomic mass is 10.1. The van der Waals surface area contributed by atoms with E-state index in [-0.39, 0.29) is 24.0 Å². The van der Waals surface area contributed by atoms with Crippen LogP contribution in [0.1, 0.15) is 5.56 Å². The maximum atomic E-state index is 12.5. The van der Waals surface area contributed by atoms with Crippen molar-refractivity contribution in [1.29, 1.82) is 0 Å². The number of nitrogens with zero attached hydrogens (tertiary/aromatic N) is 1. The fraction of sp³-hybridized carbons (Fsp3) is 0.118. The first kappa shape index (κ1) is 16.5. The van der Waals surface area contributed by atoms with Crippen LogP contribution in [-0.4, -0.2) is 26.6 Å². The van der Waals surface area contributed by atoms with Crippen LogP contribution >= 0.6 is 24.0 Å². The molecule has 0 saturated carbocycles. The van der Waals surface area contributed by atoms with Crippen molar-refractivity contribution in [2.45, 2.75) is 11.8 Å². The maximum absolute atomic E-state index is 12.5. The highest BCUT2D eigenvalue weighted by atomic mass is 32.2. The van der Waals surface area contributed by atoms with E-state index in [0.717, 1.165) is 17.3 Å². The Morgan fingerprint density at radius 3 is 2.54 bits per heavy atom. The first-order chi connectivity index (χ1) is 11.6. The van der Waals surface area contributed by atoms with Crippen molar-refractivity contribution in [3.63, 3.8) is 0 Å². The first-order valence-corrected chi connectivity index (χ1v) is 8.51. The molecule has 2 aromatic carbocycles. The number of nitrogens with one attached hydrogen (secondary N) is 1. The van der Waals surface area contributed by atoms with E-state index in [1.54, 1.807) is 18.2 Å². The van der Waals surface area contributed by atoms with Gasteiger partial charge in [0.05, 0.1) is 12.1 Å². The summed E-state index contributed by atoms with van der Waals surface area (Å²) in [6.45, 7) is 0. The van der Waals surface area contributed by atoms with Crippen molar-refractivity contribution in [1.82, 2.24) is 5.32 Å². The molecule has 0 bridgehead atoms. The first-order valence-electron chi connectivity index (χ1n) is 7.22. The third-order valence-electron chi connectivity index (χ3n) is 3.47. The number of hydrogen-bond donors (Lipinski definition) is 2. The number of hydrogen-bond acceptors (Lipinski definition) is 5. The normalized spacial score (nSPS) is 17.2. The number of carbonyl (C=O) groups is 2. The van der Waals surface area contributed by atoms with Gasteiger partial charge in [-0.1, -0.05) is 66.4 Å². The van der Waals surface area contributed by atoms with Crippen LogP contribution in [0.5, 0.6) is 5.75 Å². The molecule has 2 amide bonds. The SMILES string of the molecule is O=C(Cc1ccccc1)NC1SC(=S)N(c2ccccc2O)C1=O. The molecule has 1 heterocycles. The zero-order chi connectivity index (χ0) is 17.1. The molecular weight excluding hydrogens is 344 g/mol. The molecule has 1 atom stereocenters. The van der Waals surface area contributed by atoms with Crippen molar-refractivity contribution >= 4 is 45.8 Å². The second-order valence-corrected chi connectivity index (χ2v) is 6.89. The summed E-state index contributed by atoms with van der Waals surface area (Å²) in [6, 6.07) is 15.7. The van der Waals surface area contributed by atoms with Gasteiger partial charge in [-0.05, 0) is 17.7 Å². The van der Waals surface area contributed by atoms with Crippen LogP contribution in [-0.2, 0) is 16.0 Å². The number of thiocarbonyl (C=S) groups is 1. The molecule has 0 spiro atoms. The number of thioether (sulfide) groups is 1. The highest BCUT2D eigenvalue weighted by Gasteiger charge is 2.39. The molecule has 0 aliphatic carbocycles. The van der Waals surface area contributed by atoms with Gasteiger partial charge < -0.3 is 10.4 Å². The molecule has 0 radical (unpaired) electrons. The van der Waals surface area contributed by atoms with Crippen LogP contribution in [0.15, 0.2) is 54.6 Å². The summed E-state index contributed by atoms with van der Waals surface area (Å²) in [5, 5.41) is 11.8. The molecule has 1 saturated heterocycles. The number of rotatable bonds is 4. The fourth-order valence-corrected chi connectivity index (χ4v) is 3.72. The van der Waals surface area contributed by atoms with E-state index in [1.165, 1.54) is 11.0 Å². The lowest BCUT2D eigenvalue weighted by Gasteiger charge is -2.16. The summed E-state index contributed by atoms with van der Waals surface area (Å²) < 4.78 is 0.298. The van der Waals surface area contributed by atoms with Gasteiger partial charge in [0, 0.05) is 0 Å². The summed E-state index contributed by atoms with van der Waals surface area (Å²) in [6.07, 6.45) is 0.189. The Bertz CT molecular complexity index is 795. The lowest BCUT2D eigenvalue weighted by Crippen LogP contribution is -2.41. The molecule has 2 N–H and O–H groups in total. The largest absolute Gasteiger partial charge is 0.506 e. The average molecular weight is 358 g/mol. The summed E-state index contributed by atoms with van der Waals surface area (Å²) >= 11 is 6.31. The van der Waals surface area contributed by atoms with E-state index in [0.29, 0.717) is 10.0 Å². The van der Waals surface area contributed by atoms with E-state index in [4.69, 9.17) is 12.2 Å². The summed E-state index contributed by atoms with van der Waals surface area (Å²) in [7, 11) is 0. The van der Waals surface area contributed by atoms with Crippen LogP contribution < -0.4 is 10.2 Å². The van der Waals surface area contributed by atoms with Gasteiger partial charge >= 0.3 is 0 Å². The second kappa shape index (κ2) is 7.02. The van der Waals surface area contributed by atoms with E-state index < -0.39 is 5.37 Å². The molecule has 0 aromatic heterocycles. The Kier molecular flexibility index (Phi) is 4.82. The van der Waals surface area contributed by atoms with Gasteiger partial charge in [0.15, 0.2) is 5.37 Å². The minimum Gasteiger partial charge on any atom is -0.506 e. The molecule has 2 aromatic rings. The lowest BCUT2D eigenvalue weighted by molar-refractivity contribution is -0.124. The van der Waals surface area contributed by atoms with Crippen LogP contribution in [0, 0.1) is 0 Å². The molecule has 7 heteroatoms. The fourth-order valence-electron chi connectivity index (χ4n) is 2.35. The van der Waals surface area contributed by atoms with Crippen LogP contribution in [0.3, 0.4) is 0 Å². The Hall–Kier alpha value is -2.38. The minimum absolute atomic E-state index is 0.0370. The molecule has 1 aliphatic rings. The van der Waals surface area contributed by atoms with E-state index in [1.807, 2.05) is 30.3 Å². The van der Waals surface area contributed by atoms with Crippen molar-refractivity contribution in [3.8, 4) is 5.75 Å². The molecular formula is C17H14N2O3S2. The summed E-state index contributed by atoms with van der Waals surface area (Å²) in [4.78, 5) is 25.9. The van der Waals surface area contributed by atoms with Gasteiger partial charge in [-0.2, -0.15) is 0 Å². The van der Waals surface area contributed by atoms with Crippen molar-refractivity contribution in [3.05, 3.63) is 60.2 Å². The van der Waals surface area contributed by atoms with Crippen LogP contribution in [0.25, 0.3) is 0 Å². The number of anilines is 1. The molecule has 1 aliphatic heterocycles. The Morgan fingerprint density at radius 1 is 1.17 bits per heavy atom. The van der Waals surface area contributed by atoms with Crippen LogP contribution in [0.4, 0.5) is 5.69 Å². The standard InChI is InChI=1S/C17H14N2O3S2/c20-13-9-5-4-8-12(13)19-16(22)15(24-17(19)23)18-14(21)10-11-6-2-1-3-7-11/h1-9,15,20H,10H2,(H,18,21). The third kappa shape index (κ3) is 3.42. The Morgan fingerprint density at radius 2 is 1.83 bits per heavy atom. The topological polar surface area (TPSA) is 69.6 Å². The quantitative estimate of drug-likeness (QED) is 0.822. The predicted octanol–water partition coefficient (Wildman–Crippen LogP) is 2.44. The molecule has 3 rings (SSSR count). The van der Waals surface area contributed by atoms with Gasteiger partial charge in [0.25, 0.3) is 5.91 Å². The number of benzene rings is 2. The number of amides is 2. The second-order valence-electron chi connectivity index (χ2n) is 5.16. The van der Waals surface area contributed by atoms with E-state index >= 15 is 0 Å². The number of para-hydroxylation sites is 2. The molecule has 5 nitrogen and oxygen atoms in total. The molecule has 122 valence electrons. The Labute approximate surface area is 148 Å². The van der Waals surface area contributed by atoms with E-state index in [9.17, 15) is 14.7 Å². The van der Waals surface area contributed by atoms with Gasteiger partial charge in [-0.3, -0.25) is 14.5 Å². The van der Waals surface area contributed by atoms with Crippen molar-refractivity contribution in [2.24, 2.45) is 0 Å². The number of phenolic OH excluding ortho intramolecular Hbond substituents is 1. The van der Waals surface area contributed by atoms with Crippen LogP contribution in [0.2, 0.25) is 0 Å². The zero-order valence-electron chi connectivity index (χ0n) is 12.5. The smallest absolute Gasteiger partial charge is 0.266 e. The highest BCUT2D eigenvalue weighted by molar-refractivity contribution is 8.25. The molecule has 24 heavy (non-hydrogen) atoms. The van der Waals surface area contributed by atoms with Gasteiger partial charge in [-0.25, -0.2) is 0 Å². The van der Waals surface area contributed by atoms with Gasteiger partial charge in [-0.15, -0.1) is 0 Å². The number of aromatic hydroxyl groups is 1. The molecule has 1 fully saturated rings. The maximum Gasteiger partial charge on any atom is 0.266 e. The number of carbonyl (C=O) groups excluding carboxylic acids is 2. The zero-order valence-corrected chi connectivity index (χ0v) is 14.1. The van der Waals surface area contributed by atoms with Crippen molar-refractivity contribution < 1.29 is 14.7 Å². The van der Waals surface area contributed by atoms with E-state index in [2.05, 4.69) is 5.32 Å². The predicted molar refractivity (Wildman–Crippen MR) is 97.9 cm³/mol. The monoisotopic (exact) mass is 358 g/mol. The summed E-state index contributed by atoms with van der Waals surface area (Å²) in [5.74, 6) is -0.660. The highest BCUT2D eigenvalue weighted by Crippen LogP contribution is 2.35. The van der Waals surface area contributed by atoms with Gasteiger partial charge in [0.2, 0.25) is 5.91 Å². The van der Waals surface area contributed by atoms with Gasteiger partial charge in [0.1, 0.15) is 10.1 Å². The molecule has 1 unspecified atom stereocenters. The third-order valence-corrected chi connectivity index (χ3v) is 4.88. The summed E-state index contributed by atoms with van der Waals surface area (Å²) in [5.41, 5.74) is 1.19. The number of phenols is 1.